The van der Waals surface area contributed by atoms with Crippen LogP contribution < -0.4 is 10.5 Å². The number of nitrogens with one attached hydrogen (secondary N) is 1. The van der Waals surface area contributed by atoms with Crippen molar-refractivity contribution in [3.8, 4) is 0 Å². The molecule has 1 fully saturated rings. The number of anilines is 1. The molecule has 0 aliphatic heterocycles. The predicted octanol–water partition coefficient (Wildman–Crippen LogP) is 2.04. The minimum Gasteiger partial charge on any atom is -0.399 e. The number of benzene rings is 1. The Labute approximate surface area is 109 Å². The Kier molecular flexibility index (Phi) is 3.64. The minimum absolute atomic E-state index is 0.0144. The topological polar surface area (TPSA) is 72.2 Å². The molecule has 5 heteroatoms. The lowest BCUT2D eigenvalue weighted by molar-refractivity contribution is 0.529. The van der Waals surface area contributed by atoms with Gasteiger partial charge >= 0.3 is 0 Å². The summed E-state index contributed by atoms with van der Waals surface area (Å²) in [5, 5.41) is 0. The maximum absolute atomic E-state index is 12.2. The van der Waals surface area contributed by atoms with Gasteiger partial charge in [0, 0.05) is 11.7 Å². The average molecular weight is 268 g/mol. The summed E-state index contributed by atoms with van der Waals surface area (Å²) in [6.45, 7) is 3.68. The molecule has 1 aliphatic carbocycles. The van der Waals surface area contributed by atoms with Crippen LogP contribution in [0.3, 0.4) is 0 Å². The monoisotopic (exact) mass is 268 g/mol. The van der Waals surface area contributed by atoms with Crippen molar-refractivity contribution in [1.82, 2.24) is 4.72 Å². The van der Waals surface area contributed by atoms with Crippen molar-refractivity contribution in [2.45, 2.75) is 44.0 Å². The van der Waals surface area contributed by atoms with Gasteiger partial charge in [-0.3, -0.25) is 0 Å². The Bertz CT molecular complexity index is 536. The summed E-state index contributed by atoms with van der Waals surface area (Å²) in [5.74, 6) is 0.704. The highest BCUT2D eigenvalue weighted by molar-refractivity contribution is 7.89. The van der Waals surface area contributed by atoms with Crippen molar-refractivity contribution < 1.29 is 8.42 Å². The van der Waals surface area contributed by atoms with Crippen molar-refractivity contribution in [2.75, 3.05) is 5.73 Å². The predicted molar refractivity (Wildman–Crippen MR) is 72.7 cm³/mol. The second-order valence-electron chi connectivity index (χ2n) is 5.23. The van der Waals surface area contributed by atoms with Crippen LogP contribution in [0.5, 0.6) is 0 Å². The molecule has 0 saturated heterocycles. The van der Waals surface area contributed by atoms with Gasteiger partial charge in [0.25, 0.3) is 0 Å². The summed E-state index contributed by atoms with van der Waals surface area (Å²) in [6.07, 6.45) is 3.38. The van der Waals surface area contributed by atoms with Gasteiger partial charge in [-0.15, -0.1) is 0 Å². The number of sulfonamides is 1. The zero-order valence-electron chi connectivity index (χ0n) is 10.8. The lowest BCUT2D eigenvalue weighted by atomic mass is 10.2. The first-order chi connectivity index (χ1) is 8.38. The third kappa shape index (κ3) is 3.23. The molecule has 3 N–H and O–H groups in total. The standard InChI is InChI=1S/C13H20N2O2S/c1-9-7-12(14)5-6-13(9)18(16,17)15-10(2)8-11-3-4-11/h5-7,10-11,15H,3-4,8,14H2,1-2H3. The van der Waals surface area contributed by atoms with Crippen molar-refractivity contribution in [3.63, 3.8) is 0 Å². The summed E-state index contributed by atoms with van der Waals surface area (Å²) in [7, 11) is -3.43. The molecule has 1 saturated carbocycles. The van der Waals surface area contributed by atoms with Crippen LogP contribution in [0.15, 0.2) is 23.1 Å². The number of rotatable bonds is 5. The molecule has 1 aromatic rings. The third-order valence-corrected chi connectivity index (χ3v) is 4.98. The van der Waals surface area contributed by atoms with Gasteiger partial charge in [-0.2, -0.15) is 0 Å². The van der Waals surface area contributed by atoms with E-state index in [2.05, 4.69) is 4.72 Å². The molecule has 4 nitrogen and oxygen atoms in total. The number of nitrogens with two attached hydrogens (primary N) is 1. The second kappa shape index (κ2) is 4.90. The van der Waals surface area contributed by atoms with E-state index in [-0.39, 0.29) is 6.04 Å². The average Bonchev–Trinajstić information content (AvgIpc) is 2.99. The molecule has 0 radical (unpaired) electrons. The van der Waals surface area contributed by atoms with Gasteiger partial charge in [-0.05, 0) is 49.9 Å². The lowest BCUT2D eigenvalue weighted by Crippen LogP contribution is -2.33. The molecular weight excluding hydrogens is 248 g/mol. The molecule has 0 heterocycles. The lowest BCUT2D eigenvalue weighted by Gasteiger charge is -2.15. The van der Waals surface area contributed by atoms with Crippen LogP contribution in [-0.4, -0.2) is 14.5 Å². The van der Waals surface area contributed by atoms with Gasteiger partial charge in [0.15, 0.2) is 0 Å². The van der Waals surface area contributed by atoms with E-state index in [9.17, 15) is 8.42 Å². The van der Waals surface area contributed by atoms with Crippen molar-refractivity contribution in [2.24, 2.45) is 5.92 Å². The Hall–Kier alpha value is -1.07. The first kappa shape index (κ1) is 13.4. The van der Waals surface area contributed by atoms with Gasteiger partial charge in [0.2, 0.25) is 10.0 Å². The van der Waals surface area contributed by atoms with Crippen LogP contribution in [0.2, 0.25) is 0 Å². The maximum Gasteiger partial charge on any atom is 0.241 e. The van der Waals surface area contributed by atoms with Crippen molar-refractivity contribution in [1.29, 1.82) is 0 Å². The number of hydrogen-bond acceptors (Lipinski definition) is 3. The van der Waals surface area contributed by atoms with Crippen LogP contribution in [-0.2, 0) is 10.0 Å². The fraction of sp³-hybridized carbons (Fsp3) is 0.538. The molecule has 1 atom stereocenters. The minimum atomic E-state index is -3.43. The normalized spacial score (nSPS) is 17.7. The Balaban J connectivity index is 2.13. The second-order valence-corrected chi connectivity index (χ2v) is 6.91. The zero-order valence-corrected chi connectivity index (χ0v) is 11.6. The van der Waals surface area contributed by atoms with Crippen LogP contribution in [0.25, 0.3) is 0 Å². The summed E-state index contributed by atoms with van der Waals surface area (Å²) in [6, 6.07) is 4.85. The summed E-state index contributed by atoms with van der Waals surface area (Å²) in [5.41, 5.74) is 6.89. The van der Waals surface area contributed by atoms with Crippen molar-refractivity contribution >= 4 is 15.7 Å². The van der Waals surface area contributed by atoms with E-state index in [0.717, 1.165) is 6.42 Å². The van der Waals surface area contributed by atoms with Gasteiger partial charge in [0.1, 0.15) is 0 Å². The van der Waals surface area contributed by atoms with Crippen LogP contribution in [0, 0.1) is 12.8 Å². The quantitative estimate of drug-likeness (QED) is 0.803. The zero-order chi connectivity index (χ0) is 13.3. The van der Waals surface area contributed by atoms with E-state index in [0.29, 0.717) is 22.1 Å². The Morgan fingerprint density at radius 1 is 1.44 bits per heavy atom. The Morgan fingerprint density at radius 3 is 2.67 bits per heavy atom. The van der Waals surface area contributed by atoms with Gasteiger partial charge in [-0.1, -0.05) is 12.8 Å². The molecule has 0 amide bonds. The number of nitrogen functional groups attached to an aromatic ring is 1. The van der Waals surface area contributed by atoms with Gasteiger partial charge in [0.05, 0.1) is 4.90 Å². The Morgan fingerprint density at radius 2 is 2.11 bits per heavy atom. The number of aryl methyl sites for hydroxylation is 1. The largest absolute Gasteiger partial charge is 0.399 e. The molecule has 100 valence electrons. The first-order valence-electron chi connectivity index (χ1n) is 6.27. The fourth-order valence-electron chi connectivity index (χ4n) is 2.20. The molecule has 0 aromatic heterocycles. The first-order valence-corrected chi connectivity index (χ1v) is 7.75. The molecule has 18 heavy (non-hydrogen) atoms. The highest BCUT2D eigenvalue weighted by Crippen LogP contribution is 2.33. The molecule has 1 aliphatic rings. The van der Waals surface area contributed by atoms with E-state index < -0.39 is 10.0 Å². The number of hydrogen-bond donors (Lipinski definition) is 2. The summed E-state index contributed by atoms with van der Waals surface area (Å²) < 4.78 is 27.2. The van der Waals surface area contributed by atoms with Crippen molar-refractivity contribution in [3.05, 3.63) is 23.8 Å². The molecular formula is C13H20N2O2S. The molecule has 1 unspecified atom stereocenters. The third-order valence-electron chi connectivity index (χ3n) is 3.23. The fourth-order valence-corrected chi connectivity index (χ4v) is 3.69. The van der Waals surface area contributed by atoms with Gasteiger partial charge in [-0.25, -0.2) is 13.1 Å². The van der Waals surface area contributed by atoms with E-state index in [1.165, 1.54) is 12.8 Å². The molecule has 2 rings (SSSR count). The van der Waals surface area contributed by atoms with E-state index in [1.54, 1.807) is 25.1 Å². The maximum atomic E-state index is 12.2. The highest BCUT2D eigenvalue weighted by Gasteiger charge is 2.26. The SMILES string of the molecule is Cc1cc(N)ccc1S(=O)(=O)NC(C)CC1CC1. The van der Waals surface area contributed by atoms with E-state index in [1.807, 2.05) is 6.92 Å². The molecule has 0 spiro atoms. The van der Waals surface area contributed by atoms with Crippen LogP contribution in [0.1, 0.15) is 31.7 Å². The smallest absolute Gasteiger partial charge is 0.241 e. The van der Waals surface area contributed by atoms with E-state index in [4.69, 9.17) is 5.73 Å². The summed E-state index contributed by atoms with van der Waals surface area (Å²) in [4.78, 5) is 0.319. The van der Waals surface area contributed by atoms with E-state index >= 15 is 0 Å². The van der Waals surface area contributed by atoms with Crippen LogP contribution in [0.4, 0.5) is 5.69 Å². The summed E-state index contributed by atoms with van der Waals surface area (Å²) >= 11 is 0. The highest BCUT2D eigenvalue weighted by atomic mass is 32.2. The van der Waals surface area contributed by atoms with Crippen LogP contribution >= 0.6 is 0 Å². The molecule has 0 bridgehead atoms. The van der Waals surface area contributed by atoms with Gasteiger partial charge < -0.3 is 5.73 Å². The molecule has 1 aromatic carbocycles.